The zero-order chi connectivity index (χ0) is 11.1. The SMILES string of the molecule is C[C@@H](CO)[C@H]1CC[C@H]2C(O)CCC[C@]12C. The minimum absolute atomic E-state index is 0.0837. The molecule has 2 heteroatoms. The fourth-order valence-corrected chi connectivity index (χ4v) is 4.25. The number of rotatable bonds is 2. The highest BCUT2D eigenvalue weighted by molar-refractivity contribution is 5.01. The van der Waals surface area contributed by atoms with E-state index >= 15 is 0 Å². The summed E-state index contributed by atoms with van der Waals surface area (Å²) in [7, 11) is 0. The Morgan fingerprint density at radius 3 is 2.73 bits per heavy atom. The van der Waals surface area contributed by atoms with Gasteiger partial charge in [-0.15, -0.1) is 0 Å². The highest BCUT2D eigenvalue weighted by Crippen LogP contribution is 2.57. The second-order valence-electron chi connectivity index (χ2n) is 5.92. The molecular weight excluding hydrogens is 188 g/mol. The Balaban J connectivity index is 2.17. The van der Waals surface area contributed by atoms with Crippen LogP contribution in [0.3, 0.4) is 0 Å². The summed E-state index contributed by atoms with van der Waals surface area (Å²) in [5.41, 5.74) is 0.291. The van der Waals surface area contributed by atoms with Crippen LogP contribution in [0.25, 0.3) is 0 Å². The van der Waals surface area contributed by atoms with Crippen LogP contribution >= 0.6 is 0 Å². The van der Waals surface area contributed by atoms with Crippen molar-refractivity contribution in [3.8, 4) is 0 Å². The predicted octanol–water partition coefficient (Wildman–Crippen LogP) is 2.19. The number of fused-ring (bicyclic) bond motifs is 1. The van der Waals surface area contributed by atoms with Gasteiger partial charge in [0.05, 0.1) is 6.10 Å². The fraction of sp³-hybridized carbons (Fsp3) is 1.00. The molecule has 0 radical (unpaired) electrons. The molecule has 15 heavy (non-hydrogen) atoms. The summed E-state index contributed by atoms with van der Waals surface area (Å²) in [4.78, 5) is 0. The van der Waals surface area contributed by atoms with Crippen molar-refractivity contribution in [1.82, 2.24) is 0 Å². The number of hydrogen-bond acceptors (Lipinski definition) is 2. The fourth-order valence-electron chi connectivity index (χ4n) is 4.25. The molecule has 0 aromatic heterocycles. The van der Waals surface area contributed by atoms with Crippen molar-refractivity contribution in [2.75, 3.05) is 6.61 Å². The van der Waals surface area contributed by atoms with Crippen molar-refractivity contribution in [3.63, 3.8) is 0 Å². The predicted molar refractivity (Wildman–Crippen MR) is 60.4 cm³/mol. The Hall–Kier alpha value is -0.0800. The van der Waals surface area contributed by atoms with Crippen molar-refractivity contribution < 1.29 is 10.2 Å². The lowest BCUT2D eigenvalue weighted by molar-refractivity contribution is -0.0321. The number of aliphatic hydroxyl groups excluding tert-OH is 2. The third-order valence-electron chi connectivity index (χ3n) is 5.14. The van der Waals surface area contributed by atoms with Crippen molar-refractivity contribution >= 4 is 0 Å². The lowest BCUT2D eigenvalue weighted by atomic mass is 9.62. The van der Waals surface area contributed by atoms with Gasteiger partial charge in [-0.05, 0) is 48.9 Å². The topological polar surface area (TPSA) is 40.5 Å². The molecule has 2 nitrogen and oxygen atoms in total. The van der Waals surface area contributed by atoms with Gasteiger partial charge in [0.15, 0.2) is 0 Å². The first-order valence-corrected chi connectivity index (χ1v) is 6.38. The minimum Gasteiger partial charge on any atom is -0.396 e. The van der Waals surface area contributed by atoms with Gasteiger partial charge in [-0.25, -0.2) is 0 Å². The lowest BCUT2D eigenvalue weighted by Gasteiger charge is -2.45. The van der Waals surface area contributed by atoms with Crippen molar-refractivity contribution in [3.05, 3.63) is 0 Å². The molecule has 2 aliphatic rings. The Morgan fingerprint density at radius 1 is 1.33 bits per heavy atom. The van der Waals surface area contributed by atoms with E-state index in [1.807, 2.05) is 0 Å². The Labute approximate surface area is 92.7 Å². The summed E-state index contributed by atoms with van der Waals surface area (Å²) in [6, 6.07) is 0. The molecule has 0 saturated heterocycles. The maximum absolute atomic E-state index is 10.1. The summed E-state index contributed by atoms with van der Waals surface area (Å²) in [5.74, 6) is 1.50. The van der Waals surface area contributed by atoms with E-state index in [1.54, 1.807) is 0 Å². The van der Waals surface area contributed by atoms with Gasteiger partial charge in [-0.1, -0.05) is 20.3 Å². The molecule has 2 rings (SSSR count). The number of hydrogen-bond donors (Lipinski definition) is 2. The first-order valence-electron chi connectivity index (χ1n) is 6.38. The van der Waals surface area contributed by atoms with E-state index in [1.165, 1.54) is 12.8 Å². The molecule has 0 bridgehead atoms. The molecule has 0 amide bonds. The molecular formula is C13H24O2. The van der Waals surface area contributed by atoms with Crippen LogP contribution in [0.5, 0.6) is 0 Å². The summed E-state index contributed by atoms with van der Waals surface area (Å²) in [6.07, 6.45) is 5.65. The van der Waals surface area contributed by atoms with Crippen LogP contribution in [-0.2, 0) is 0 Å². The van der Waals surface area contributed by atoms with Gasteiger partial charge in [0, 0.05) is 6.61 Å². The van der Waals surface area contributed by atoms with Gasteiger partial charge in [0.1, 0.15) is 0 Å². The lowest BCUT2D eigenvalue weighted by Crippen LogP contribution is -2.41. The van der Waals surface area contributed by atoms with E-state index in [2.05, 4.69) is 13.8 Å². The van der Waals surface area contributed by atoms with Crippen molar-refractivity contribution in [2.24, 2.45) is 23.2 Å². The monoisotopic (exact) mass is 212 g/mol. The molecule has 2 N–H and O–H groups in total. The normalized spacial score (nSPS) is 47.6. The average molecular weight is 212 g/mol. The first kappa shape index (κ1) is 11.4. The Bertz CT molecular complexity index is 229. The molecule has 88 valence electrons. The Kier molecular flexibility index (Phi) is 3.09. The molecule has 2 fully saturated rings. The standard InChI is InChI=1S/C13H24O2/c1-9(8-14)10-5-6-11-12(15)4-3-7-13(10,11)2/h9-12,14-15H,3-8H2,1-2H3/t9-,10+,11-,12?,13+/m0/s1. The van der Waals surface area contributed by atoms with Crippen LogP contribution in [-0.4, -0.2) is 22.9 Å². The number of aliphatic hydroxyl groups is 2. The summed E-state index contributed by atoms with van der Waals surface area (Å²) < 4.78 is 0. The van der Waals surface area contributed by atoms with E-state index in [9.17, 15) is 10.2 Å². The molecule has 0 heterocycles. The molecule has 1 unspecified atom stereocenters. The van der Waals surface area contributed by atoms with E-state index in [4.69, 9.17) is 0 Å². The van der Waals surface area contributed by atoms with E-state index in [0.29, 0.717) is 29.8 Å². The smallest absolute Gasteiger partial charge is 0.0573 e. The van der Waals surface area contributed by atoms with Gasteiger partial charge < -0.3 is 10.2 Å². The quantitative estimate of drug-likeness (QED) is 0.736. The molecule has 0 aromatic carbocycles. The summed E-state index contributed by atoms with van der Waals surface area (Å²) in [5, 5.41) is 19.4. The van der Waals surface area contributed by atoms with Crippen LogP contribution in [0.1, 0.15) is 46.0 Å². The van der Waals surface area contributed by atoms with Gasteiger partial charge in [-0.2, -0.15) is 0 Å². The van der Waals surface area contributed by atoms with E-state index in [0.717, 1.165) is 19.3 Å². The van der Waals surface area contributed by atoms with Crippen LogP contribution in [0.4, 0.5) is 0 Å². The molecule has 0 aliphatic heterocycles. The second-order valence-corrected chi connectivity index (χ2v) is 5.92. The maximum atomic E-state index is 10.1. The van der Waals surface area contributed by atoms with Gasteiger partial charge in [0.25, 0.3) is 0 Å². The van der Waals surface area contributed by atoms with E-state index in [-0.39, 0.29) is 6.10 Å². The largest absolute Gasteiger partial charge is 0.396 e. The van der Waals surface area contributed by atoms with Gasteiger partial charge in [-0.3, -0.25) is 0 Å². The van der Waals surface area contributed by atoms with Crippen molar-refractivity contribution in [1.29, 1.82) is 0 Å². The first-order chi connectivity index (χ1) is 7.09. The molecule has 5 atom stereocenters. The molecule has 0 aromatic rings. The Morgan fingerprint density at radius 2 is 2.07 bits per heavy atom. The maximum Gasteiger partial charge on any atom is 0.0573 e. The van der Waals surface area contributed by atoms with Gasteiger partial charge >= 0.3 is 0 Å². The zero-order valence-corrected chi connectivity index (χ0v) is 9.95. The zero-order valence-electron chi connectivity index (χ0n) is 9.95. The minimum atomic E-state index is -0.0837. The third-order valence-corrected chi connectivity index (χ3v) is 5.14. The van der Waals surface area contributed by atoms with E-state index < -0.39 is 0 Å². The van der Waals surface area contributed by atoms with Gasteiger partial charge in [0.2, 0.25) is 0 Å². The molecule has 2 saturated carbocycles. The third kappa shape index (κ3) is 1.72. The van der Waals surface area contributed by atoms with Crippen LogP contribution in [0, 0.1) is 23.2 Å². The molecule has 0 spiro atoms. The summed E-state index contributed by atoms with van der Waals surface area (Å²) >= 11 is 0. The van der Waals surface area contributed by atoms with Crippen LogP contribution < -0.4 is 0 Å². The molecule has 2 aliphatic carbocycles. The summed E-state index contributed by atoms with van der Waals surface area (Å²) in [6.45, 7) is 4.78. The highest BCUT2D eigenvalue weighted by atomic mass is 16.3. The van der Waals surface area contributed by atoms with Crippen LogP contribution in [0.2, 0.25) is 0 Å². The highest BCUT2D eigenvalue weighted by Gasteiger charge is 2.51. The van der Waals surface area contributed by atoms with Crippen molar-refractivity contribution in [2.45, 2.75) is 52.1 Å². The van der Waals surface area contributed by atoms with Crippen LogP contribution in [0.15, 0.2) is 0 Å². The second kappa shape index (κ2) is 4.06. The average Bonchev–Trinajstić information content (AvgIpc) is 2.56.